The SMILES string of the molecule is CN(C)C(=O)N(C)OC(=O)c1cc(Oc2ccc(C(F)(F)F)cc2)ccc1[N+](=O)[O-]. The second kappa shape index (κ2) is 8.68. The van der Waals surface area contributed by atoms with E-state index < -0.39 is 39.9 Å². The van der Waals surface area contributed by atoms with Crippen LogP contribution >= 0.6 is 0 Å². The first-order valence-corrected chi connectivity index (χ1v) is 8.21. The van der Waals surface area contributed by atoms with Crippen LogP contribution in [0, 0.1) is 10.1 Å². The molecule has 30 heavy (non-hydrogen) atoms. The third-order valence-corrected chi connectivity index (χ3v) is 3.67. The second-order valence-corrected chi connectivity index (χ2v) is 6.11. The molecule has 0 unspecified atom stereocenters. The Balaban J connectivity index is 2.28. The third-order valence-electron chi connectivity index (χ3n) is 3.67. The second-order valence-electron chi connectivity index (χ2n) is 6.11. The summed E-state index contributed by atoms with van der Waals surface area (Å²) in [5, 5.41) is 11.8. The Morgan fingerprint density at radius 1 is 1.00 bits per heavy atom. The maximum atomic E-state index is 12.6. The number of hydroxylamine groups is 2. The van der Waals surface area contributed by atoms with Crippen LogP contribution in [0.15, 0.2) is 42.5 Å². The molecule has 2 amide bonds. The molecule has 2 rings (SSSR count). The van der Waals surface area contributed by atoms with Crippen molar-refractivity contribution < 1.29 is 37.3 Å². The lowest BCUT2D eigenvalue weighted by molar-refractivity contribution is -0.385. The molecule has 0 aliphatic rings. The van der Waals surface area contributed by atoms with Crippen molar-refractivity contribution in [2.75, 3.05) is 21.1 Å². The molecule has 9 nitrogen and oxygen atoms in total. The molecule has 0 aliphatic carbocycles. The molecule has 0 fully saturated rings. The highest BCUT2D eigenvalue weighted by molar-refractivity contribution is 5.95. The lowest BCUT2D eigenvalue weighted by atomic mass is 10.1. The molecule has 2 aromatic rings. The van der Waals surface area contributed by atoms with E-state index in [1.165, 1.54) is 20.2 Å². The zero-order valence-corrected chi connectivity index (χ0v) is 16.0. The van der Waals surface area contributed by atoms with Crippen LogP contribution in [0.5, 0.6) is 11.5 Å². The number of urea groups is 1. The van der Waals surface area contributed by atoms with Crippen LogP contribution in [0.2, 0.25) is 0 Å². The number of nitro benzene ring substituents is 1. The summed E-state index contributed by atoms with van der Waals surface area (Å²) < 4.78 is 43.3. The molecule has 0 atom stereocenters. The minimum Gasteiger partial charge on any atom is -0.457 e. The van der Waals surface area contributed by atoms with Gasteiger partial charge in [-0.2, -0.15) is 18.2 Å². The first-order chi connectivity index (χ1) is 13.9. The fourth-order valence-electron chi connectivity index (χ4n) is 2.24. The summed E-state index contributed by atoms with van der Waals surface area (Å²) in [7, 11) is 3.97. The molecule has 0 heterocycles. The van der Waals surface area contributed by atoms with E-state index >= 15 is 0 Å². The first-order valence-electron chi connectivity index (χ1n) is 8.21. The zero-order valence-electron chi connectivity index (χ0n) is 16.0. The van der Waals surface area contributed by atoms with Crippen LogP contribution in [0.3, 0.4) is 0 Å². The predicted octanol–water partition coefficient (Wildman–Crippen LogP) is 4.09. The van der Waals surface area contributed by atoms with Gasteiger partial charge in [0.2, 0.25) is 0 Å². The van der Waals surface area contributed by atoms with Gasteiger partial charge in [0.05, 0.1) is 17.5 Å². The topological polar surface area (TPSA) is 102 Å². The van der Waals surface area contributed by atoms with Crippen LogP contribution in [0.1, 0.15) is 15.9 Å². The number of ether oxygens (including phenoxy) is 1. The molecule has 0 radical (unpaired) electrons. The Hall–Kier alpha value is -3.83. The number of hydrogen-bond acceptors (Lipinski definition) is 6. The fourth-order valence-corrected chi connectivity index (χ4v) is 2.24. The zero-order chi connectivity index (χ0) is 22.6. The van der Waals surface area contributed by atoms with Crippen molar-refractivity contribution in [3.8, 4) is 11.5 Å². The number of carbonyl (C=O) groups is 2. The van der Waals surface area contributed by atoms with E-state index in [1.54, 1.807) is 0 Å². The van der Waals surface area contributed by atoms with Gasteiger partial charge in [0.15, 0.2) is 0 Å². The first kappa shape index (κ1) is 22.5. The third kappa shape index (κ3) is 5.37. The smallest absolute Gasteiger partial charge is 0.416 e. The molecule has 2 aromatic carbocycles. The molecule has 12 heteroatoms. The summed E-state index contributed by atoms with van der Waals surface area (Å²) in [5.74, 6) is -1.25. The molecule has 0 saturated carbocycles. The van der Waals surface area contributed by atoms with Gasteiger partial charge in [-0.1, -0.05) is 0 Å². The minimum absolute atomic E-state index is 0.0103. The Kier molecular flexibility index (Phi) is 6.49. The lowest BCUT2D eigenvalue weighted by Gasteiger charge is -2.20. The average Bonchev–Trinajstić information content (AvgIpc) is 2.66. The van der Waals surface area contributed by atoms with E-state index in [-0.39, 0.29) is 11.5 Å². The van der Waals surface area contributed by atoms with Crippen molar-refractivity contribution in [2.24, 2.45) is 0 Å². The largest absolute Gasteiger partial charge is 0.457 e. The van der Waals surface area contributed by atoms with Gasteiger partial charge in [0.1, 0.15) is 17.1 Å². The van der Waals surface area contributed by atoms with Gasteiger partial charge in [-0.15, -0.1) is 0 Å². The Bertz CT molecular complexity index is 961. The highest BCUT2D eigenvalue weighted by Crippen LogP contribution is 2.32. The van der Waals surface area contributed by atoms with Crippen LogP contribution in [-0.2, 0) is 11.0 Å². The van der Waals surface area contributed by atoms with Crippen molar-refractivity contribution in [3.63, 3.8) is 0 Å². The molecule has 0 aliphatic heterocycles. The highest BCUT2D eigenvalue weighted by atomic mass is 19.4. The maximum absolute atomic E-state index is 12.6. The van der Waals surface area contributed by atoms with Crippen LogP contribution in [0.25, 0.3) is 0 Å². The van der Waals surface area contributed by atoms with Crippen molar-refractivity contribution >= 4 is 17.7 Å². The monoisotopic (exact) mass is 427 g/mol. The molecule has 0 saturated heterocycles. The number of amides is 2. The average molecular weight is 427 g/mol. The summed E-state index contributed by atoms with van der Waals surface area (Å²) in [6.07, 6.45) is -4.52. The standard InChI is InChI=1S/C18H16F3N3O6/c1-22(2)17(26)23(3)30-16(25)14-10-13(8-9-15(14)24(27)28)29-12-6-4-11(5-7-12)18(19,20)21/h4-10H,1-3H3. The number of hydrogen-bond donors (Lipinski definition) is 0. The number of nitro groups is 1. The number of halogens is 3. The van der Waals surface area contributed by atoms with Gasteiger partial charge < -0.3 is 14.5 Å². The van der Waals surface area contributed by atoms with Gasteiger partial charge >= 0.3 is 18.2 Å². The van der Waals surface area contributed by atoms with Gasteiger partial charge in [-0.05, 0) is 30.3 Å². The summed E-state index contributed by atoms with van der Waals surface area (Å²) in [6, 6.07) is 6.17. The molecule has 0 bridgehead atoms. The number of rotatable bonds is 4. The lowest BCUT2D eigenvalue weighted by Crippen LogP contribution is -2.37. The van der Waals surface area contributed by atoms with E-state index in [0.717, 1.165) is 48.3 Å². The predicted molar refractivity (Wildman–Crippen MR) is 96.9 cm³/mol. The van der Waals surface area contributed by atoms with Crippen LogP contribution in [-0.4, -0.2) is 48.0 Å². The number of benzene rings is 2. The van der Waals surface area contributed by atoms with E-state index in [0.29, 0.717) is 5.06 Å². The van der Waals surface area contributed by atoms with E-state index in [2.05, 4.69) is 0 Å². The van der Waals surface area contributed by atoms with Crippen LogP contribution < -0.4 is 4.74 Å². The van der Waals surface area contributed by atoms with Crippen LogP contribution in [0.4, 0.5) is 23.7 Å². The quantitative estimate of drug-likeness (QED) is 0.538. The van der Waals surface area contributed by atoms with E-state index in [9.17, 15) is 32.9 Å². The van der Waals surface area contributed by atoms with Gasteiger partial charge in [0, 0.05) is 26.2 Å². The van der Waals surface area contributed by atoms with Gasteiger partial charge in [-0.25, -0.2) is 9.59 Å². The Morgan fingerprint density at radius 3 is 2.07 bits per heavy atom. The van der Waals surface area contributed by atoms with Crippen molar-refractivity contribution in [3.05, 3.63) is 63.7 Å². The number of alkyl halides is 3. The normalized spacial score (nSPS) is 10.9. The van der Waals surface area contributed by atoms with Gasteiger partial charge in [-0.3, -0.25) is 10.1 Å². The molecular formula is C18H16F3N3O6. The molecular weight excluding hydrogens is 411 g/mol. The fraction of sp³-hybridized carbons (Fsp3) is 0.222. The number of nitrogens with zero attached hydrogens (tertiary/aromatic N) is 3. The van der Waals surface area contributed by atoms with Crippen molar-refractivity contribution in [2.45, 2.75) is 6.18 Å². The minimum atomic E-state index is -4.52. The molecule has 0 aromatic heterocycles. The molecule has 160 valence electrons. The number of carbonyl (C=O) groups excluding carboxylic acids is 2. The highest BCUT2D eigenvalue weighted by Gasteiger charge is 2.30. The van der Waals surface area contributed by atoms with Crippen molar-refractivity contribution in [1.29, 1.82) is 0 Å². The summed E-state index contributed by atoms with van der Waals surface area (Å²) in [4.78, 5) is 40.5. The van der Waals surface area contributed by atoms with Crippen molar-refractivity contribution in [1.82, 2.24) is 9.96 Å². The van der Waals surface area contributed by atoms with E-state index in [1.807, 2.05) is 0 Å². The summed E-state index contributed by atoms with van der Waals surface area (Å²) in [5.41, 5.74) is -2.00. The van der Waals surface area contributed by atoms with Gasteiger partial charge in [0.25, 0.3) is 5.69 Å². The Labute approximate surface area is 168 Å². The summed E-state index contributed by atoms with van der Waals surface area (Å²) in [6.45, 7) is 0. The Morgan fingerprint density at radius 2 is 1.57 bits per heavy atom. The maximum Gasteiger partial charge on any atom is 0.416 e. The summed E-state index contributed by atoms with van der Waals surface area (Å²) >= 11 is 0. The molecule has 0 spiro atoms. The van der Waals surface area contributed by atoms with E-state index in [4.69, 9.17) is 9.57 Å². The molecule has 0 N–H and O–H groups in total.